The van der Waals surface area contributed by atoms with Crippen molar-refractivity contribution in [3.05, 3.63) is 23.8 Å². The van der Waals surface area contributed by atoms with Crippen LogP contribution in [0.2, 0.25) is 0 Å². The summed E-state index contributed by atoms with van der Waals surface area (Å²) in [5.41, 5.74) is -0.132. The zero-order valence-electron chi connectivity index (χ0n) is 16.3. The van der Waals surface area contributed by atoms with Gasteiger partial charge in [0, 0.05) is 0 Å². The lowest BCUT2D eigenvalue weighted by Gasteiger charge is -2.19. The summed E-state index contributed by atoms with van der Waals surface area (Å²) in [6, 6.07) is 0. The van der Waals surface area contributed by atoms with Gasteiger partial charge in [-0.3, -0.25) is 4.79 Å². The van der Waals surface area contributed by atoms with E-state index in [1.165, 1.54) is 7.11 Å². The van der Waals surface area contributed by atoms with Crippen LogP contribution in [0, 0.1) is 5.41 Å². The Morgan fingerprint density at radius 1 is 1.04 bits per heavy atom. The maximum absolute atomic E-state index is 11.7. The van der Waals surface area contributed by atoms with Crippen LogP contribution in [0.25, 0.3) is 0 Å². The molecule has 0 aliphatic carbocycles. The highest BCUT2D eigenvalue weighted by atomic mass is 16.6. The molecule has 0 amide bonds. The van der Waals surface area contributed by atoms with Gasteiger partial charge in [0.05, 0.1) is 18.1 Å². The molecule has 0 aromatic heterocycles. The van der Waals surface area contributed by atoms with Gasteiger partial charge in [-0.25, -0.2) is 4.79 Å². The van der Waals surface area contributed by atoms with E-state index in [-0.39, 0.29) is 17.4 Å². The number of hydrogen-bond donors (Lipinski definition) is 0. The average molecular weight is 326 g/mol. The SMILES string of the molecule is C/C=C\C(=C/CCC)C(=O)OC(C)(C)C.COC(=O)C(C)(C)C. The Balaban J connectivity index is 0. The summed E-state index contributed by atoms with van der Waals surface area (Å²) < 4.78 is 9.77. The highest BCUT2D eigenvalue weighted by Crippen LogP contribution is 2.14. The second-order valence-electron chi connectivity index (χ2n) is 7.19. The average Bonchev–Trinajstić information content (AvgIpc) is 2.40. The van der Waals surface area contributed by atoms with Gasteiger partial charge >= 0.3 is 11.9 Å². The molecular formula is C19H34O4. The van der Waals surface area contributed by atoms with Crippen LogP contribution >= 0.6 is 0 Å². The predicted molar refractivity (Wildman–Crippen MR) is 95.1 cm³/mol. The number of rotatable bonds is 4. The third-order valence-electron chi connectivity index (χ3n) is 2.43. The molecule has 0 fully saturated rings. The first-order valence-corrected chi connectivity index (χ1v) is 8.03. The van der Waals surface area contributed by atoms with Crippen LogP contribution in [-0.4, -0.2) is 24.6 Å². The molecule has 0 heterocycles. The smallest absolute Gasteiger partial charge is 0.338 e. The lowest BCUT2D eigenvalue weighted by atomic mass is 9.98. The summed E-state index contributed by atoms with van der Waals surface area (Å²) in [7, 11) is 1.40. The van der Waals surface area contributed by atoms with Crippen LogP contribution in [0.1, 0.15) is 68.2 Å². The molecule has 0 aromatic carbocycles. The fraction of sp³-hybridized carbons (Fsp3) is 0.684. The number of carbonyl (C=O) groups is 2. The Kier molecular flexibility index (Phi) is 11.4. The molecule has 0 aromatic rings. The van der Waals surface area contributed by atoms with Gasteiger partial charge in [-0.2, -0.15) is 0 Å². The van der Waals surface area contributed by atoms with E-state index >= 15 is 0 Å². The summed E-state index contributed by atoms with van der Waals surface area (Å²) in [6.45, 7) is 15.0. The molecule has 0 unspecified atom stereocenters. The minimum atomic E-state index is -0.427. The van der Waals surface area contributed by atoms with Crippen LogP contribution in [0.15, 0.2) is 23.8 Å². The Morgan fingerprint density at radius 2 is 1.57 bits per heavy atom. The van der Waals surface area contributed by atoms with Crippen LogP contribution in [0.4, 0.5) is 0 Å². The Morgan fingerprint density at radius 3 is 1.83 bits per heavy atom. The number of ether oxygens (including phenoxy) is 2. The van der Waals surface area contributed by atoms with Crippen molar-refractivity contribution in [2.45, 2.75) is 73.8 Å². The van der Waals surface area contributed by atoms with Gasteiger partial charge < -0.3 is 9.47 Å². The molecule has 0 bridgehead atoms. The summed E-state index contributed by atoms with van der Waals surface area (Å²) in [5, 5.41) is 0. The van der Waals surface area contributed by atoms with Crippen molar-refractivity contribution in [3.8, 4) is 0 Å². The number of allylic oxidation sites excluding steroid dienone is 2. The molecule has 0 spiro atoms. The Labute approximate surface area is 141 Å². The third kappa shape index (κ3) is 13.8. The molecule has 4 nitrogen and oxygen atoms in total. The second-order valence-corrected chi connectivity index (χ2v) is 7.19. The van der Waals surface area contributed by atoms with Crippen LogP contribution in [-0.2, 0) is 19.1 Å². The summed E-state index contributed by atoms with van der Waals surface area (Å²) >= 11 is 0. The van der Waals surface area contributed by atoms with E-state index in [1.807, 2.05) is 60.6 Å². The number of methoxy groups -OCH3 is 1. The summed E-state index contributed by atoms with van der Waals surface area (Å²) in [4.78, 5) is 22.3. The van der Waals surface area contributed by atoms with Crippen LogP contribution in [0.5, 0.6) is 0 Å². The van der Waals surface area contributed by atoms with Gasteiger partial charge in [0.25, 0.3) is 0 Å². The lowest BCUT2D eigenvalue weighted by Crippen LogP contribution is -2.24. The van der Waals surface area contributed by atoms with Crippen molar-refractivity contribution in [1.82, 2.24) is 0 Å². The van der Waals surface area contributed by atoms with Gasteiger partial charge in [0.15, 0.2) is 0 Å². The molecule has 0 saturated carbocycles. The van der Waals surface area contributed by atoms with Crippen molar-refractivity contribution in [3.63, 3.8) is 0 Å². The Bertz CT molecular complexity index is 418. The predicted octanol–water partition coefficient (Wildman–Crippen LogP) is 4.84. The molecule has 0 aliphatic heterocycles. The largest absolute Gasteiger partial charge is 0.469 e. The molecule has 134 valence electrons. The zero-order valence-corrected chi connectivity index (χ0v) is 16.3. The molecule has 0 N–H and O–H groups in total. The van der Waals surface area contributed by atoms with E-state index in [2.05, 4.69) is 11.7 Å². The number of hydrogen-bond acceptors (Lipinski definition) is 4. The standard InChI is InChI=1S/C13H22O2.C6H12O2/c1-6-8-10-11(9-7-2)12(14)15-13(3,4)5;1-6(2,3)5(7)8-4/h7,9-10H,6,8H2,1-5H3;1-4H3/b9-7-,11-10+;. The molecule has 4 heteroatoms. The molecule has 0 atom stereocenters. The maximum atomic E-state index is 11.7. The lowest BCUT2D eigenvalue weighted by molar-refractivity contribution is -0.150. The first-order valence-electron chi connectivity index (χ1n) is 8.03. The normalized spacial score (nSPS) is 12.5. The number of esters is 2. The van der Waals surface area contributed by atoms with Crippen LogP contribution < -0.4 is 0 Å². The summed E-state index contributed by atoms with van der Waals surface area (Å²) in [5.74, 6) is -0.411. The van der Waals surface area contributed by atoms with Crippen molar-refractivity contribution >= 4 is 11.9 Å². The molecule has 0 aliphatic rings. The fourth-order valence-corrected chi connectivity index (χ4v) is 1.34. The topological polar surface area (TPSA) is 52.6 Å². The zero-order chi connectivity index (χ0) is 18.7. The maximum Gasteiger partial charge on any atom is 0.338 e. The third-order valence-corrected chi connectivity index (χ3v) is 2.43. The van der Waals surface area contributed by atoms with E-state index < -0.39 is 5.60 Å². The number of carbonyl (C=O) groups excluding carboxylic acids is 2. The highest BCUT2D eigenvalue weighted by molar-refractivity contribution is 5.91. The minimum Gasteiger partial charge on any atom is -0.469 e. The van der Waals surface area contributed by atoms with Gasteiger partial charge in [-0.15, -0.1) is 0 Å². The summed E-state index contributed by atoms with van der Waals surface area (Å²) in [6.07, 6.45) is 7.51. The molecule has 0 rings (SSSR count). The molecule has 0 radical (unpaired) electrons. The van der Waals surface area contributed by atoms with E-state index in [0.29, 0.717) is 5.57 Å². The molecule has 23 heavy (non-hydrogen) atoms. The van der Waals surface area contributed by atoms with Crippen LogP contribution in [0.3, 0.4) is 0 Å². The number of unbranched alkanes of at least 4 members (excludes halogenated alkanes) is 1. The first kappa shape index (κ1) is 23.7. The van der Waals surface area contributed by atoms with E-state index in [0.717, 1.165) is 12.8 Å². The van der Waals surface area contributed by atoms with Gasteiger partial charge in [0.2, 0.25) is 0 Å². The Hall–Kier alpha value is -1.58. The van der Waals surface area contributed by atoms with Gasteiger partial charge in [-0.05, 0) is 54.9 Å². The monoisotopic (exact) mass is 326 g/mol. The highest BCUT2D eigenvalue weighted by Gasteiger charge is 2.21. The second kappa shape index (κ2) is 11.0. The van der Waals surface area contributed by atoms with E-state index in [1.54, 1.807) is 6.08 Å². The van der Waals surface area contributed by atoms with Crippen molar-refractivity contribution < 1.29 is 19.1 Å². The van der Waals surface area contributed by atoms with E-state index in [4.69, 9.17) is 4.74 Å². The first-order chi connectivity index (χ1) is 10.4. The molecular weight excluding hydrogens is 292 g/mol. The van der Waals surface area contributed by atoms with Crippen molar-refractivity contribution in [2.24, 2.45) is 5.41 Å². The van der Waals surface area contributed by atoms with Crippen molar-refractivity contribution in [2.75, 3.05) is 7.11 Å². The van der Waals surface area contributed by atoms with Gasteiger partial charge in [-0.1, -0.05) is 31.6 Å². The fourth-order valence-electron chi connectivity index (χ4n) is 1.34. The molecule has 0 saturated heterocycles. The van der Waals surface area contributed by atoms with E-state index in [9.17, 15) is 9.59 Å². The van der Waals surface area contributed by atoms with Crippen molar-refractivity contribution in [1.29, 1.82) is 0 Å². The van der Waals surface area contributed by atoms with Gasteiger partial charge in [0.1, 0.15) is 5.60 Å². The minimum absolute atomic E-state index is 0.169. The quantitative estimate of drug-likeness (QED) is 0.421.